The fraction of sp³-hybridized carbons (Fsp3) is 0.118. The Kier molecular flexibility index (Phi) is 4.25. The topological polar surface area (TPSA) is 54.9 Å². The van der Waals surface area contributed by atoms with Crippen LogP contribution in [-0.4, -0.2) is 15.9 Å². The second-order valence-electron chi connectivity index (χ2n) is 4.85. The summed E-state index contributed by atoms with van der Waals surface area (Å²) in [5, 5.41) is 5.56. The summed E-state index contributed by atoms with van der Waals surface area (Å²) in [4.78, 5) is 20.5. The fourth-order valence-electron chi connectivity index (χ4n) is 2.11. The van der Waals surface area contributed by atoms with Crippen molar-refractivity contribution in [2.75, 3.05) is 0 Å². The van der Waals surface area contributed by atoms with E-state index in [2.05, 4.69) is 15.3 Å². The average Bonchev–Trinajstić information content (AvgIpc) is 3.00. The van der Waals surface area contributed by atoms with Gasteiger partial charge in [0.15, 0.2) is 0 Å². The molecule has 5 heteroatoms. The summed E-state index contributed by atoms with van der Waals surface area (Å²) in [7, 11) is 0. The van der Waals surface area contributed by atoms with Gasteiger partial charge in [0.05, 0.1) is 10.7 Å². The number of carbonyl (C=O) groups is 1. The highest BCUT2D eigenvalue weighted by atomic mass is 32.1. The van der Waals surface area contributed by atoms with Gasteiger partial charge in [0.25, 0.3) is 5.91 Å². The van der Waals surface area contributed by atoms with Crippen molar-refractivity contribution < 1.29 is 4.79 Å². The Hall–Kier alpha value is -2.53. The molecule has 3 aromatic rings. The molecular weight excluding hydrogens is 294 g/mol. The number of hydrogen-bond donors (Lipinski definition) is 1. The zero-order chi connectivity index (χ0) is 15.4. The van der Waals surface area contributed by atoms with Crippen LogP contribution in [0.25, 0.3) is 11.3 Å². The first-order valence-corrected chi connectivity index (χ1v) is 7.81. The first kappa shape index (κ1) is 14.4. The summed E-state index contributed by atoms with van der Waals surface area (Å²) in [6.07, 6.45) is 1.77. The van der Waals surface area contributed by atoms with Gasteiger partial charge in [0.1, 0.15) is 5.69 Å². The van der Waals surface area contributed by atoms with Crippen LogP contribution in [0.3, 0.4) is 0 Å². The molecule has 0 spiro atoms. The number of rotatable bonds is 4. The number of amides is 1. The number of carbonyl (C=O) groups excluding carboxylic acids is 1. The van der Waals surface area contributed by atoms with Gasteiger partial charge in [0, 0.05) is 23.7 Å². The quantitative estimate of drug-likeness (QED) is 0.803. The Morgan fingerprint density at radius 1 is 1.23 bits per heavy atom. The summed E-state index contributed by atoms with van der Waals surface area (Å²) >= 11 is 1.47. The van der Waals surface area contributed by atoms with Crippen molar-refractivity contribution in [3.05, 3.63) is 70.3 Å². The van der Waals surface area contributed by atoms with E-state index in [4.69, 9.17) is 0 Å². The van der Waals surface area contributed by atoms with Crippen molar-refractivity contribution >= 4 is 17.2 Å². The normalized spacial score (nSPS) is 10.4. The number of nitrogens with zero attached hydrogens (tertiary/aromatic N) is 2. The highest BCUT2D eigenvalue weighted by Gasteiger charge is 2.09. The maximum atomic E-state index is 12.0. The molecular formula is C17H15N3OS. The lowest BCUT2D eigenvalue weighted by Crippen LogP contribution is -2.23. The van der Waals surface area contributed by atoms with E-state index in [1.165, 1.54) is 11.3 Å². The molecule has 0 fully saturated rings. The number of benzene rings is 1. The Labute approximate surface area is 132 Å². The molecule has 0 aliphatic carbocycles. The van der Waals surface area contributed by atoms with E-state index in [9.17, 15) is 4.79 Å². The third-order valence-corrected chi connectivity index (χ3v) is 3.97. The summed E-state index contributed by atoms with van der Waals surface area (Å²) in [5.41, 5.74) is 3.47. The van der Waals surface area contributed by atoms with Gasteiger partial charge in [-0.3, -0.25) is 9.78 Å². The third kappa shape index (κ3) is 3.38. The van der Waals surface area contributed by atoms with Gasteiger partial charge in [-0.1, -0.05) is 24.3 Å². The lowest BCUT2D eigenvalue weighted by Gasteiger charge is -2.06. The molecule has 3 rings (SSSR count). The number of pyridine rings is 1. The number of thiazole rings is 1. The van der Waals surface area contributed by atoms with Crippen LogP contribution in [0, 0.1) is 6.92 Å². The van der Waals surface area contributed by atoms with Gasteiger partial charge in [0.2, 0.25) is 0 Å². The minimum atomic E-state index is -0.146. The molecule has 0 unspecified atom stereocenters. The molecule has 0 aliphatic heterocycles. The lowest BCUT2D eigenvalue weighted by molar-refractivity contribution is 0.0946. The molecule has 1 aromatic carbocycles. The molecule has 2 heterocycles. The highest BCUT2D eigenvalue weighted by Crippen LogP contribution is 2.17. The maximum Gasteiger partial charge on any atom is 0.271 e. The van der Waals surface area contributed by atoms with Gasteiger partial charge in [-0.05, 0) is 30.7 Å². The molecule has 22 heavy (non-hydrogen) atoms. The van der Waals surface area contributed by atoms with Crippen molar-refractivity contribution in [2.24, 2.45) is 0 Å². The Balaban J connectivity index is 1.70. The molecule has 0 saturated carbocycles. The molecule has 0 saturated heterocycles. The highest BCUT2D eigenvalue weighted by molar-refractivity contribution is 7.09. The van der Waals surface area contributed by atoms with E-state index in [0.717, 1.165) is 21.8 Å². The van der Waals surface area contributed by atoms with E-state index in [-0.39, 0.29) is 5.91 Å². The summed E-state index contributed by atoms with van der Waals surface area (Å²) in [6.45, 7) is 2.36. The van der Waals surface area contributed by atoms with E-state index >= 15 is 0 Å². The second-order valence-corrected chi connectivity index (χ2v) is 5.91. The standard InChI is InChI=1S/C17H15N3OS/c1-12-20-16(11-22-12)17(21)19-10-13-5-4-6-14(9-13)15-7-2-3-8-18-15/h2-9,11H,10H2,1H3,(H,19,21). The van der Waals surface area contributed by atoms with Crippen LogP contribution in [0.5, 0.6) is 0 Å². The maximum absolute atomic E-state index is 12.0. The smallest absolute Gasteiger partial charge is 0.271 e. The van der Waals surface area contributed by atoms with Gasteiger partial charge < -0.3 is 5.32 Å². The second kappa shape index (κ2) is 6.49. The van der Waals surface area contributed by atoms with Crippen molar-refractivity contribution in [1.29, 1.82) is 0 Å². The molecule has 0 bridgehead atoms. The van der Waals surface area contributed by atoms with Crippen LogP contribution >= 0.6 is 11.3 Å². The monoisotopic (exact) mass is 309 g/mol. The van der Waals surface area contributed by atoms with Crippen LogP contribution in [-0.2, 0) is 6.54 Å². The van der Waals surface area contributed by atoms with E-state index in [1.807, 2.05) is 49.4 Å². The molecule has 110 valence electrons. The SMILES string of the molecule is Cc1nc(C(=O)NCc2cccc(-c3ccccn3)c2)cs1. The third-order valence-electron chi connectivity index (χ3n) is 3.19. The number of aromatic nitrogens is 2. The number of nitrogens with one attached hydrogen (secondary N) is 1. The predicted molar refractivity (Wildman–Crippen MR) is 87.7 cm³/mol. The Morgan fingerprint density at radius 3 is 2.86 bits per heavy atom. The summed E-state index contributed by atoms with van der Waals surface area (Å²) in [5.74, 6) is -0.146. The minimum absolute atomic E-state index is 0.146. The fourth-order valence-corrected chi connectivity index (χ4v) is 2.71. The molecule has 0 atom stereocenters. The van der Waals surface area contributed by atoms with Crippen molar-refractivity contribution in [3.63, 3.8) is 0 Å². The number of aryl methyl sites for hydroxylation is 1. The zero-order valence-electron chi connectivity index (χ0n) is 12.1. The summed E-state index contributed by atoms with van der Waals surface area (Å²) < 4.78 is 0. The van der Waals surface area contributed by atoms with Crippen LogP contribution in [0.1, 0.15) is 21.1 Å². The van der Waals surface area contributed by atoms with E-state index in [0.29, 0.717) is 12.2 Å². The van der Waals surface area contributed by atoms with Crippen LogP contribution in [0.15, 0.2) is 54.0 Å². The molecule has 1 N–H and O–H groups in total. The molecule has 2 aromatic heterocycles. The lowest BCUT2D eigenvalue weighted by atomic mass is 10.1. The largest absolute Gasteiger partial charge is 0.347 e. The minimum Gasteiger partial charge on any atom is -0.347 e. The Morgan fingerprint density at radius 2 is 2.14 bits per heavy atom. The summed E-state index contributed by atoms with van der Waals surface area (Å²) in [6, 6.07) is 13.8. The van der Waals surface area contributed by atoms with Gasteiger partial charge in [-0.25, -0.2) is 4.98 Å². The van der Waals surface area contributed by atoms with E-state index in [1.54, 1.807) is 11.6 Å². The van der Waals surface area contributed by atoms with Gasteiger partial charge in [-0.2, -0.15) is 0 Å². The Bertz CT molecular complexity index is 783. The first-order chi connectivity index (χ1) is 10.7. The number of hydrogen-bond acceptors (Lipinski definition) is 4. The first-order valence-electron chi connectivity index (χ1n) is 6.93. The van der Waals surface area contributed by atoms with Crippen LogP contribution < -0.4 is 5.32 Å². The van der Waals surface area contributed by atoms with Crippen molar-refractivity contribution in [2.45, 2.75) is 13.5 Å². The van der Waals surface area contributed by atoms with Crippen LogP contribution in [0.2, 0.25) is 0 Å². The molecule has 0 radical (unpaired) electrons. The van der Waals surface area contributed by atoms with Crippen LogP contribution in [0.4, 0.5) is 0 Å². The predicted octanol–water partition coefficient (Wildman–Crippen LogP) is 3.44. The molecule has 0 aliphatic rings. The van der Waals surface area contributed by atoms with E-state index < -0.39 is 0 Å². The van der Waals surface area contributed by atoms with Crippen molar-refractivity contribution in [1.82, 2.24) is 15.3 Å². The molecule has 1 amide bonds. The molecule has 4 nitrogen and oxygen atoms in total. The van der Waals surface area contributed by atoms with Crippen molar-refractivity contribution in [3.8, 4) is 11.3 Å². The zero-order valence-corrected chi connectivity index (χ0v) is 12.9. The average molecular weight is 309 g/mol. The van der Waals surface area contributed by atoms with Gasteiger partial charge in [-0.15, -0.1) is 11.3 Å². The van der Waals surface area contributed by atoms with Gasteiger partial charge >= 0.3 is 0 Å².